The molecule has 2 fully saturated rings. The Bertz CT molecular complexity index is 807. The zero-order valence-corrected chi connectivity index (χ0v) is 12.1. The first-order chi connectivity index (χ1) is 9.31. The van der Waals surface area contributed by atoms with Crippen molar-refractivity contribution in [1.82, 2.24) is 10.2 Å². The molecule has 2 heterocycles. The second kappa shape index (κ2) is 3.55. The monoisotopic (exact) mass is 312 g/mol. The lowest BCUT2D eigenvalue weighted by molar-refractivity contribution is -0.121. The maximum Gasteiger partial charge on any atom is 0.151 e. The SMILES string of the molecule is O=S1(=O)CC2(CC(O)(c3cc(Cl)cc4cn[nH]c34)C2)C1. The first kappa shape index (κ1) is 12.6. The molecule has 1 saturated heterocycles. The van der Waals surface area contributed by atoms with Crippen molar-refractivity contribution >= 4 is 32.3 Å². The number of benzene rings is 1. The number of hydrogen-bond acceptors (Lipinski definition) is 4. The first-order valence-electron chi connectivity index (χ1n) is 6.37. The number of aromatic amines is 1. The Labute approximate surface area is 120 Å². The number of rotatable bonds is 1. The van der Waals surface area contributed by atoms with Gasteiger partial charge in [0.2, 0.25) is 0 Å². The summed E-state index contributed by atoms with van der Waals surface area (Å²) in [6, 6.07) is 3.53. The molecule has 0 amide bonds. The molecule has 106 valence electrons. The summed E-state index contributed by atoms with van der Waals surface area (Å²) in [6.45, 7) is 0. The molecular weight excluding hydrogens is 300 g/mol. The van der Waals surface area contributed by atoms with E-state index in [4.69, 9.17) is 11.6 Å². The molecule has 0 bridgehead atoms. The van der Waals surface area contributed by atoms with E-state index in [0.717, 1.165) is 10.9 Å². The number of aromatic nitrogens is 2. The molecule has 0 unspecified atom stereocenters. The van der Waals surface area contributed by atoms with Crippen molar-refractivity contribution in [2.24, 2.45) is 5.41 Å². The van der Waals surface area contributed by atoms with Gasteiger partial charge in [-0.05, 0) is 25.0 Å². The van der Waals surface area contributed by atoms with Gasteiger partial charge in [-0.3, -0.25) is 5.10 Å². The summed E-state index contributed by atoms with van der Waals surface area (Å²) in [7, 11) is -2.88. The van der Waals surface area contributed by atoms with Crippen molar-refractivity contribution in [3.8, 4) is 0 Å². The van der Waals surface area contributed by atoms with E-state index in [1.807, 2.05) is 0 Å². The van der Waals surface area contributed by atoms with Gasteiger partial charge in [-0.15, -0.1) is 0 Å². The van der Waals surface area contributed by atoms with Gasteiger partial charge in [0, 0.05) is 21.4 Å². The maximum absolute atomic E-state index is 11.3. The molecule has 20 heavy (non-hydrogen) atoms. The van der Waals surface area contributed by atoms with Crippen molar-refractivity contribution in [2.45, 2.75) is 18.4 Å². The van der Waals surface area contributed by atoms with Crippen LogP contribution in [0.5, 0.6) is 0 Å². The van der Waals surface area contributed by atoms with Gasteiger partial charge < -0.3 is 5.11 Å². The van der Waals surface area contributed by atoms with Crippen molar-refractivity contribution in [1.29, 1.82) is 0 Å². The highest BCUT2D eigenvalue weighted by atomic mass is 35.5. The Morgan fingerprint density at radius 1 is 1.30 bits per heavy atom. The molecule has 7 heteroatoms. The largest absolute Gasteiger partial charge is 0.385 e. The van der Waals surface area contributed by atoms with Crippen LogP contribution in [0, 0.1) is 5.41 Å². The van der Waals surface area contributed by atoms with Gasteiger partial charge in [0.15, 0.2) is 9.84 Å². The fraction of sp³-hybridized carbons (Fsp3) is 0.462. The second-order valence-electron chi connectivity index (χ2n) is 6.20. The molecule has 2 aromatic rings. The minimum atomic E-state index is -2.88. The number of hydrogen-bond donors (Lipinski definition) is 2. The van der Waals surface area contributed by atoms with E-state index in [0.29, 0.717) is 23.4 Å². The van der Waals surface area contributed by atoms with E-state index < -0.39 is 15.4 Å². The van der Waals surface area contributed by atoms with Crippen molar-refractivity contribution < 1.29 is 13.5 Å². The fourth-order valence-electron chi connectivity index (χ4n) is 3.86. The minimum Gasteiger partial charge on any atom is -0.385 e. The quantitative estimate of drug-likeness (QED) is 0.838. The van der Waals surface area contributed by atoms with Crippen LogP contribution in [0.3, 0.4) is 0 Å². The third kappa shape index (κ3) is 1.65. The lowest BCUT2D eigenvalue weighted by Crippen LogP contribution is -2.62. The molecule has 2 N–H and O–H groups in total. The molecule has 2 aliphatic rings. The van der Waals surface area contributed by atoms with Crippen LogP contribution in [0.15, 0.2) is 18.3 Å². The number of nitrogens with zero attached hydrogens (tertiary/aromatic N) is 1. The second-order valence-corrected chi connectivity index (χ2v) is 8.71. The Morgan fingerprint density at radius 3 is 2.65 bits per heavy atom. The average molecular weight is 313 g/mol. The summed E-state index contributed by atoms with van der Waals surface area (Å²) in [5.74, 6) is 0.379. The van der Waals surface area contributed by atoms with E-state index >= 15 is 0 Å². The molecule has 0 atom stereocenters. The van der Waals surface area contributed by atoms with Crippen LogP contribution in [0.4, 0.5) is 0 Å². The lowest BCUT2D eigenvalue weighted by Gasteiger charge is -2.57. The Morgan fingerprint density at radius 2 is 2.00 bits per heavy atom. The topological polar surface area (TPSA) is 83.1 Å². The zero-order valence-electron chi connectivity index (χ0n) is 10.6. The average Bonchev–Trinajstić information content (AvgIpc) is 2.70. The first-order valence-corrected chi connectivity index (χ1v) is 8.57. The highest BCUT2D eigenvalue weighted by molar-refractivity contribution is 7.92. The van der Waals surface area contributed by atoms with E-state index in [2.05, 4.69) is 10.2 Å². The van der Waals surface area contributed by atoms with Gasteiger partial charge >= 0.3 is 0 Å². The molecular formula is C13H13ClN2O3S. The Hall–Kier alpha value is -1.11. The van der Waals surface area contributed by atoms with Crippen LogP contribution >= 0.6 is 11.6 Å². The standard InChI is InChI=1S/C13H13ClN2O3S/c14-9-1-8-3-15-16-11(8)10(2-9)13(17)4-12(5-13)6-20(18,19)7-12/h1-3,17H,4-7H2,(H,15,16). The summed E-state index contributed by atoms with van der Waals surface area (Å²) < 4.78 is 22.7. The van der Waals surface area contributed by atoms with E-state index in [-0.39, 0.29) is 16.9 Å². The molecule has 0 radical (unpaired) electrons. The maximum atomic E-state index is 11.3. The van der Waals surface area contributed by atoms with Gasteiger partial charge in [-0.1, -0.05) is 11.6 Å². The van der Waals surface area contributed by atoms with E-state index in [1.54, 1.807) is 18.3 Å². The van der Waals surface area contributed by atoms with Gasteiger partial charge in [-0.2, -0.15) is 5.10 Å². The number of H-pyrrole nitrogens is 1. The lowest BCUT2D eigenvalue weighted by atomic mass is 9.58. The smallest absolute Gasteiger partial charge is 0.151 e. The highest BCUT2D eigenvalue weighted by Crippen LogP contribution is 2.60. The molecule has 4 rings (SSSR count). The van der Waals surface area contributed by atoms with Crippen LogP contribution < -0.4 is 0 Å². The predicted molar refractivity (Wildman–Crippen MR) is 75.3 cm³/mol. The molecule has 1 aromatic heterocycles. The predicted octanol–water partition coefficient (Wildman–Crippen LogP) is 1.61. The molecule has 1 spiro atoms. The zero-order chi connectivity index (χ0) is 14.2. The van der Waals surface area contributed by atoms with Crippen molar-refractivity contribution in [3.63, 3.8) is 0 Å². The van der Waals surface area contributed by atoms with Crippen molar-refractivity contribution in [3.05, 3.63) is 28.9 Å². The molecule has 5 nitrogen and oxygen atoms in total. The summed E-state index contributed by atoms with van der Waals surface area (Å²) in [5, 5.41) is 19.0. The van der Waals surface area contributed by atoms with Crippen LogP contribution in [-0.4, -0.2) is 35.2 Å². The van der Waals surface area contributed by atoms with Crippen LogP contribution in [0.2, 0.25) is 5.02 Å². The molecule has 1 aliphatic carbocycles. The summed E-state index contributed by atoms with van der Waals surface area (Å²) in [4.78, 5) is 0. The van der Waals surface area contributed by atoms with Crippen molar-refractivity contribution in [2.75, 3.05) is 11.5 Å². The molecule has 1 aromatic carbocycles. The molecule has 1 saturated carbocycles. The van der Waals surface area contributed by atoms with Crippen LogP contribution in [0.1, 0.15) is 18.4 Å². The van der Waals surface area contributed by atoms with E-state index in [9.17, 15) is 13.5 Å². The highest BCUT2D eigenvalue weighted by Gasteiger charge is 2.63. The normalized spacial score (nSPS) is 25.3. The van der Waals surface area contributed by atoms with Crippen LogP contribution in [0.25, 0.3) is 10.9 Å². The number of nitrogens with one attached hydrogen (secondary N) is 1. The van der Waals surface area contributed by atoms with Gasteiger partial charge in [0.05, 0.1) is 28.8 Å². The molecule has 1 aliphatic heterocycles. The van der Waals surface area contributed by atoms with Gasteiger partial charge in [0.1, 0.15) is 0 Å². The summed E-state index contributed by atoms with van der Waals surface area (Å²) in [6.07, 6.45) is 2.59. The number of sulfone groups is 1. The third-order valence-corrected chi connectivity index (χ3v) is 6.72. The third-order valence-electron chi connectivity index (χ3n) is 4.40. The number of fused-ring (bicyclic) bond motifs is 1. The van der Waals surface area contributed by atoms with Gasteiger partial charge in [-0.25, -0.2) is 8.42 Å². The Kier molecular flexibility index (Phi) is 2.24. The van der Waals surface area contributed by atoms with E-state index in [1.165, 1.54) is 0 Å². The van der Waals surface area contributed by atoms with Gasteiger partial charge in [0.25, 0.3) is 0 Å². The fourth-order valence-corrected chi connectivity index (χ4v) is 6.28. The summed E-state index contributed by atoms with van der Waals surface area (Å²) >= 11 is 6.08. The van der Waals surface area contributed by atoms with Crippen LogP contribution in [-0.2, 0) is 15.4 Å². The number of halogens is 1. The number of aliphatic hydroxyl groups is 1. The Balaban J connectivity index is 1.73. The minimum absolute atomic E-state index is 0.189. The summed E-state index contributed by atoms with van der Waals surface area (Å²) in [5.41, 5.74) is 0.245.